The molecule has 21 heavy (non-hydrogen) atoms. The standard InChI is InChI=1S/C14H13F3N2O2/c1-8(6-11-12(13(20)21)19-7-18-11)9-2-4-10(5-3-9)14(15,16)17/h2-5,7-8H,6H2,1H3,(H,18,19)(H,20,21). The van der Waals surface area contributed by atoms with Crippen molar-refractivity contribution >= 4 is 5.97 Å². The molecule has 0 aliphatic carbocycles. The van der Waals surface area contributed by atoms with E-state index in [2.05, 4.69) is 9.97 Å². The molecule has 7 heteroatoms. The molecule has 1 aromatic heterocycles. The fourth-order valence-corrected chi connectivity index (χ4v) is 2.09. The minimum atomic E-state index is -4.36. The van der Waals surface area contributed by atoms with Crippen LogP contribution in [0.5, 0.6) is 0 Å². The van der Waals surface area contributed by atoms with Crippen LogP contribution in [0.1, 0.15) is 40.2 Å². The molecule has 1 aromatic carbocycles. The van der Waals surface area contributed by atoms with Crippen LogP contribution in [0.15, 0.2) is 30.6 Å². The van der Waals surface area contributed by atoms with Gasteiger partial charge in [-0.1, -0.05) is 19.1 Å². The van der Waals surface area contributed by atoms with Crippen molar-refractivity contribution in [3.63, 3.8) is 0 Å². The highest BCUT2D eigenvalue weighted by Crippen LogP contribution is 2.30. The van der Waals surface area contributed by atoms with Crippen LogP contribution in [0.2, 0.25) is 0 Å². The number of carboxylic acids is 1. The zero-order valence-corrected chi connectivity index (χ0v) is 11.1. The first-order chi connectivity index (χ1) is 9.79. The summed E-state index contributed by atoms with van der Waals surface area (Å²) in [7, 11) is 0. The number of carbonyl (C=O) groups is 1. The smallest absolute Gasteiger partial charge is 0.416 e. The van der Waals surface area contributed by atoms with Crippen LogP contribution < -0.4 is 0 Å². The molecule has 0 radical (unpaired) electrons. The SMILES string of the molecule is CC(Cc1[nH]cnc1C(=O)O)c1ccc(C(F)(F)F)cc1. The minimum absolute atomic E-state index is 0.0613. The number of rotatable bonds is 4. The number of imidazole rings is 1. The van der Waals surface area contributed by atoms with E-state index in [9.17, 15) is 18.0 Å². The van der Waals surface area contributed by atoms with E-state index in [1.165, 1.54) is 18.5 Å². The van der Waals surface area contributed by atoms with Gasteiger partial charge in [-0.05, 0) is 30.0 Å². The first-order valence-corrected chi connectivity index (χ1v) is 6.21. The molecule has 2 N–H and O–H groups in total. The molecular weight excluding hydrogens is 285 g/mol. The van der Waals surface area contributed by atoms with E-state index in [4.69, 9.17) is 5.11 Å². The molecule has 0 spiro atoms. The van der Waals surface area contributed by atoms with E-state index in [1.807, 2.05) is 6.92 Å². The van der Waals surface area contributed by atoms with Gasteiger partial charge in [0.25, 0.3) is 0 Å². The molecule has 0 bridgehead atoms. The fraction of sp³-hybridized carbons (Fsp3) is 0.286. The van der Waals surface area contributed by atoms with Crippen LogP contribution >= 0.6 is 0 Å². The second-order valence-corrected chi connectivity index (χ2v) is 4.76. The number of halogens is 3. The van der Waals surface area contributed by atoms with E-state index in [1.54, 1.807) is 0 Å². The molecule has 0 saturated heterocycles. The van der Waals surface area contributed by atoms with E-state index in [-0.39, 0.29) is 11.6 Å². The van der Waals surface area contributed by atoms with Crippen LogP contribution in [0.3, 0.4) is 0 Å². The van der Waals surface area contributed by atoms with Gasteiger partial charge in [-0.25, -0.2) is 9.78 Å². The molecule has 0 aliphatic heterocycles. The highest BCUT2D eigenvalue weighted by atomic mass is 19.4. The molecule has 0 aliphatic rings. The zero-order valence-electron chi connectivity index (χ0n) is 11.1. The van der Waals surface area contributed by atoms with Crippen molar-refractivity contribution in [3.05, 3.63) is 53.1 Å². The lowest BCUT2D eigenvalue weighted by atomic mass is 9.94. The number of nitrogens with one attached hydrogen (secondary N) is 1. The maximum absolute atomic E-state index is 12.5. The summed E-state index contributed by atoms with van der Waals surface area (Å²) in [6, 6.07) is 4.86. The van der Waals surface area contributed by atoms with E-state index in [0.717, 1.165) is 12.1 Å². The predicted octanol–water partition coefficient (Wildman–Crippen LogP) is 3.47. The molecular formula is C14H13F3N2O2. The van der Waals surface area contributed by atoms with Crippen molar-refractivity contribution in [1.82, 2.24) is 9.97 Å². The molecule has 112 valence electrons. The number of hydrogen-bond donors (Lipinski definition) is 2. The van der Waals surface area contributed by atoms with Gasteiger partial charge in [-0.15, -0.1) is 0 Å². The van der Waals surface area contributed by atoms with Crippen LogP contribution in [0.4, 0.5) is 13.2 Å². The summed E-state index contributed by atoms with van der Waals surface area (Å²) in [5, 5.41) is 8.96. The number of aromatic nitrogens is 2. The lowest BCUT2D eigenvalue weighted by Crippen LogP contribution is -2.07. The highest BCUT2D eigenvalue weighted by molar-refractivity contribution is 5.86. The molecule has 1 atom stereocenters. The molecule has 1 unspecified atom stereocenters. The highest BCUT2D eigenvalue weighted by Gasteiger charge is 2.30. The quantitative estimate of drug-likeness (QED) is 0.908. The number of alkyl halides is 3. The van der Waals surface area contributed by atoms with Crippen molar-refractivity contribution in [1.29, 1.82) is 0 Å². The van der Waals surface area contributed by atoms with E-state index >= 15 is 0 Å². The first kappa shape index (κ1) is 15.1. The lowest BCUT2D eigenvalue weighted by Gasteiger charge is -2.13. The topological polar surface area (TPSA) is 66.0 Å². The monoisotopic (exact) mass is 298 g/mol. The predicted molar refractivity (Wildman–Crippen MR) is 69.1 cm³/mol. The number of H-pyrrole nitrogens is 1. The average Bonchev–Trinajstić information content (AvgIpc) is 2.86. The van der Waals surface area contributed by atoms with Gasteiger partial charge >= 0.3 is 12.1 Å². The maximum Gasteiger partial charge on any atom is 0.416 e. The summed E-state index contributed by atoms with van der Waals surface area (Å²) in [6.07, 6.45) is -2.72. The van der Waals surface area contributed by atoms with Gasteiger partial charge in [0.05, 0.1) is 17.6 Å². The summed E-state index contributed by atoms with van der Waals surface area (Å²) >= 11 is 0. The molecule has 0 saturated carbocycles. The Morgan fingerprint density at radius 2 is 1.95 bits per heavy atom. The summed E-state index contributed by atoms with van der Waals surface area (Å²) in [4.78, 5) is 17.4. The number of aromatic amines is 1. The first-order valence-electron chi connectivity index (χ1n) is 6.21. The second kappa shape index (κ2) is 5.59. The summed E-state index contributed by atoms with van der Waals surface area (Å²) in [5.74, 6) is -1.27. The zero-order chi connectivity index (χ0) is 15.6. The number of carboxylic acid groups (broad SMARTS) is 1. The Labute approximate surface area is 118 Å². The van der Waals surface area contributed by atoms with Gasteiger partial charge in [0.15, 0.2) is 5.69 Å². The van der Waals surface area contributed by atoms with Crippen molar-refractivity contribution in [2.24, 2.45) is 0 Å². The largest absolute Gasteiger partial charge is 0.476 e. The van der Waals surface area contributed by atoms with Crippen molar-refractivity contribution in [3.8, 4) is 0 Å². The summed E-state index contributed by atoms with van der Waals surface area (Å²) < 4.78 is 37.5. The third kappa shape index (κ3) is 3.42. The molecule has 4 nitrogen and oxygen atoms in total. The van der Waals surface area contributed by atoms with Gasteiger partial charge in [0, 0.05) is 0 Å². The number of benzene rings is 1. The second-order valence-electron chi connectivity index (χ2n) is 4.76. The van der Waals surface area contributed by atoms with Gasteiger partial charge in [0.2, 0.25) is 0 Å². The van der Waals surface area contributed by atoms with Crippen molar-refractivity contribution in [2.75, 3.05) is 0 Å². The Kier molecular flexibility index (Phi) is 4.02. The lowest BCUT2D eigenvalue weighted by molar-refractivity contribution is -0.137. The van der Waals surface area contributed by atoms with Crippen LogP contribution in [0, 0.1) is 0 Å². The third-order valence-electron chi connectivity index (χ3n) is 3.24. The molecule has 1 heterocycles. The van der Waals surface area contributed by atoms with E-state index in [0.29, 0.717) is 17.7 Å². The Morgan fingerprint density at radius 1 is 1.33 bits per heavy atom. The summed E-state index contributed by atoms with van der Waals surface area (Å²) in [6.45, 7) is 1.81. The van der Waals surface area contributed by atoms with Gasteiger partial charge < -0.3 is 10.1 Å². The maximum atomic E-state index is 12.5. The minimum Gasteiger partial charge on any atom is -0.476 e. The molecule has 2 rings (SSSR count). The van der Waals surface area contributed by atoms with Gasteiger partial charge in [-0.3, -0.25) is 0 Å². The molecule has 0 amide bonds. The van der Waals surface area contributed by atoms with Crippen molar-refractivity contribution < 1.29 is 23.1 Å². The Morgan fingerprint density at radius 3 is 2.48 bits per heavy atom. The normalized spacial score (nSPS) is 13.1. The van der Waals surface area contributed by atoms with Crippen LogP contribution in [0.25, 0.3) is 0 Å². The Hall–Kier alpha value is -2.31. The third-order valence-corrected chi connectivity index (χ3v) is 3.24. The Bertz CT molecular complexity index is 632. The van der Waals surface area contributed by atoms with Gasteiger partial charge in [-0.2, -0.15) is 13.2 Å². The summed E-state index contributed by atoms with van der Waals surface area (Å²) in [5.41, 5.74) is 0.392. The molecule has 0 fully saturated rings. The number of hydrogen-bond acceptors (Lipinski definition) is 2. The number of nitrogens with zero attached hydrogens (tertiary/aromatic N) is 1. The average molecular weight is 298 g/mol. The molecule has 2 aromatic rings. The van der Waals surface area contributed by atoms with Crippen LogP contribution in [-0.2, 0) is 12.6 Å². The van der Waals surface area contributed by atoms with Crippen molar-refractivity contribution in [2.45, 2.75) is 25.4 Å². The van der Waals surface area contributed by atoms with Gasteiger partial charge in [0.1, 0.15) is 0 Å². The fourth-order valence-electron chi connectivity index (χ4n) is 2.09. The number of aromatic carboxylic acids is 1. The Balaban J connectivity index is 2.15. The van der Waals surface area contributed by atoms with Crippen LogP contribution in [-0.4, -0.2) is 21.0 Å². The van der Waals surface area contributed by atoms with E-state index < -0.39 is 17.7 Å².